The maximum atomic E-state index is 13.1. The van der Waals surface area contributed by atoms with Gasteiger partial charge >= 0.3 is 6.18 Å². The van der Waals surface area contributed by atoms with Gasteiger partial charge in [0.25, 0.3) is 11.6 Å². The molecule has 0 radical (unpaired) electrons. The monoisotopic (exact) mass is 322 g/mol. The van der Waals surface area contributed by atoms with Gasteiger partial charge in [-0.1, -0.05) is 20.3 Å². The average Bonchev–Trinajstić information content (AvgIpc) is 2.41. The van der Waals surface area contributed by atoms with Gasteiger partial charge in [-0.25, -0.2) is 4.39 Å². The van der Waals surface area contributed by atoms with Crippen LogP contribution in [0.2, 0.25) is 0 Å². The molecule has 0 unspecified atom stereocenters. The molecule has 0 aliphatic heterocycles. The van der Waals surface area contributed by atoms with Crippen molar-refractivity contribution in [2.75, 3.05) is 0 Å². The second-order valence-electron chi connectivity index (χ2n) is 4.80. The van der Waals surface area contributed by atoms with Crippen molar-refractivity contribution in [3.05, 3.63) is 39.7 Å². The van der Waals surface area contributed by atoms with E-state index >= 15 is 0 Å². The predicted molar refractivity (Wildman–Crippen MR) is 69.8 cm³/mol. The van der Waals surface area contributed by atoms with Crippen LogP contribution in [0.4, 0.5) is 23.2 Å². The molecule has 0 aliphatic rings. The van der Waals surface area contributed by atoms with Gasteiger partial charge in [0.1, 0.15) is 17.4 Å². The van der Waals surface area contributed by atoms with Crippen LogP contribution in [-0.4, -0.2) is 23.0 Å². The molecule has 9 heteroatoms. The number of hydrogen-bond donors (Lipinski definition) is 1. The molecule has 122 valence electrons. The van der Waals surface area contributed by atoms with Crippen molar-refractivity contribution in [2.24, 2.45) is 5.92 Å². The van der Waals surface area contributed by atoms with Crippen molar-refractivity contribution >= 4 is 11.6 Å². The third-order valence-corrected chi connectivity index (χ3v) is 3.25. The second kappa shape index (κ2) is 6.71. The molecule has 2 atom stereocenters. The molecular weight excluding hydrogens is 308 g/mol. The molecule has 0 saturated heterocycles. The lowest BCUT2D eigenvalue weighted by Gasteiger charge is -2.26. The summed E-state index contributed by atoms with van der Waals surface area (Å²) in [6.07, 6.45) is -4.58. The number of hydrogen-bond acceptors (Lipinski definition) is 3. The maximum Gasteiger partial charge on any atom is 0.408 e. The summed E-state index contributed by atoms with van der Waals surface area (Å²) in [5.41, 5.74) is -1.51. The molecule has 0 heterocycles. The molecule has 0 aliphatic carbocycles. The van der Waals surface area contributed by atoms with Crippen molar-refractivity contribution in [3.63, 3.8) is 0 Å². The Kier molecular flexibility index (Phi) is 5.45. The first-order valence-corrected chi connectivity index (χ1v) is 6.39. The number of halogens is 4. The molecular formula is C13H14F4N2O3. The smallest absolute Gasteiger partial charge is 0.340 e. The van der Waals surface area contributed by atoms with E-state index in [4.69, 9.17) is 0 Å². The Morgan fingerprint density at radius 2 is 2.00 bits per heavy atom. The minimum absolute atomic E-state index is 0.135. The summed E-state index contributed by atoms with van der Waals surface area (Å²) in [6.45, 7) is 2.80. The quantitative estimate of drug-likeness (QED) is 0.513. The first-order chi connectivity index (χ1) is 10.1. The minimum Gasteiger partial charge on any atom is -0.340 e. The Hall–Kier alpha value is -2.19. The molecule has 1 N–H and O–H groups in total. The van der Waals surface area contributed by atoms with E-state index in [-0.39, 0.29) is 6.42 Å². The fraction of sp³-hybridized carbons (Fsp3) is 0.462. The highest BCUT2D eigenvalue weighted by molar-refractivity contribution is 5.98. The largest absolute Gasteiger partial charge is 0.408 e. The highest BCUT2D eigenvalue weighted by Gasteiger charge is 2.44. The topological polar surface area (TPSA) is 72.2 Å². The standard InChI is InChI=1S/C13H14F4N2O3/c1-3-7(2)11(13(15,16)17)18-12(20)9-6-8(14)4-5-10(9)19(21)22/h4-7,11H,3H2,1-2H3,(H,18,20)/t7-,11-/m0/s1. The lowest BCUT2D eigenvalue weighted by Crippen LogP contribution is -2.49. The normalized spacial score (nSPS) is 14.3. The summed E-state index contributed by atoms with van der Waals surface area (Å²) in [6, 6.07) is -0.147. The van der Waals surface area contributed by atoms with E-state index in [1.165, 1.54) is 13.8 Å². The van der Waals surface area contributed by atoms with Crippen LogP contribution in [0.5, 0.6) is 0 Å². The summed E-state index contributed by atoms with van der Waals surface area (Å²) >= 11 is 0. The first kappa shape index (κ1) is 17.9. The van der Waals surface area contributed by atoms with E-state index in [9.17, 15) is 32.5 Å². The Labute approximate surface area is 123 Å². The molecule has 0 spiro atoms. The molecule has 1 amide bonds. The van der Waals surface area contributed by atoms with Crippen molar-refractivity contribution in [1.82, 2.24) is 5.32 Å². The number of carbonyl (C=O) groups is 1. The van der Waals surface area contributed by atoms with Crippen LogP contribution >= 0.6 is 0 Å². The van der Waals surface area contributed by atoms with Gasteiger partial charge in [-0.2, -0.15) is 13.2 Å². The maximum absolute atomic E-state index is 13.1. The number of rotatable bonds is 5. The SMILES string of the molecule is CC[C@H](C)[C@H](NC(=O)c1cc(F)ccc1[N+](=O)[O-])C(F)(F)F. The van der Waals surface area contributed by atoms with Crippen molar-refractivity contribution < 1.29 is 27.3 Å². The average molecular weight is 322 g/mol. The summed E-state index contributed by atoms with van der Waals surface area (Å²) in [7, 11) is 0. The molecule has 5 nitrogen and oxygen atoms in total. The number of alkyl halides is 3. The first-order valence-electron chi connectivity index (χ1n) is 6.39. The van der Waals surface area contributed by atoms with Gasteiger partial charge in [-0.3, -0.25) is 14.9 Å². The number of benzene rings is 1. The summed E-state index contributed by atoms with van der Waals surface area (Å²) < 4.78 is 52.0. The molecule has 0 fully saturated rings. The summed E-state index contributed by atoms with van der Waals surface area (Å²) in [5.74, 6) is -3.23. The van der Waals surface area contributed by atoms with Crippen LogP contribution in [0.3, 0.4) is 0 Å². The number of carbonyl (C=O) groups excluding carboxylic acids is 1. The van der Waals surface area contributed by atoms with Crippen molar-refractivity contribution in [3.8, 4) is 0 Å². The zero-order chi connectivity index (χ0) is 17.1. The molecule has 1 aromatic carbocycles. The van der Waals surface area contributed by atoms with Crippen LogP contribution in [0, 0.1) is 21.8 Å². The Balaban J connectivity index is 3.15. The van der Waals surface area contributed by atoms with E-state index in [1.807, 2.05) is 0 Å². The number of nitro benzene ring substituents is 1. The third-order valence-electron chi connectivity index (χ3n) is 3.25. The van der Waals surface area contributed by atoms with Gasteiger partial charge in [-0.05, 0) is 18.1 Å². The van der Waals surface area contributed by atoms with Gasteiger partial charge in [0, 0.05) is 6.07 Å². The Morgan fingerprint density at radius 3 is 2.45 bits per heavy atom. The van der Waals surface area contributed by atoms with Gasteiger partial charge in [0.05, 0.1) is 4.92 Å². The second-order valence-corrected chi connectivity index (χ2v) is 4.80. The van der Waals surface area contributed by atoms with Crippen molar-refractivity contribution in [2.45, 2.75) is 32.5 Å². The van der Waals surface area contributed by atoms with Crippen molar-refractivity contribution in [1.29, 1.82) is 0 Å². The van der Waals surface area contributed by atoms with Gasteiger partial charge < -0.3 is 5.32 Å². The number of nitro groups is 1. The molecule has 22 heavy (non-hydrogen) atoms. The number of amides is 1. The van der Waals surface area contributed by atoms with E-state index in [0.29, 0.717) is 6.07 Å². The van der Waals surface area contributed by atoms with E-state index in [0.717, 1.165) is 12.1 Å². The summed E-state index contributed by atoms with van der Waals surface area (Å²) in [5, 5.41) is 12.5. The Morgan fingerprint density at radius 1 is 1.41 bits per heavy atom. The van der Waals surface area contributed by atoms with Gasteiger partial charge in [0.15, 0.2) is 0 Å². The molecule has 1 rings (SSSR count). The van der Waals surface area contributed by atoms with Crippen LogP contribution < -0.4 is 5.32 Å². The minimum atomic E-state index is -4.72. The van der Waals surface area contributed by atoms with E-state index in [1.54, 1.807) is 5.32 Å². The number of nitrogens with zero attached hydrogens (tertiary/aromatic N) is 1. The van der Waals surface area contributed by atoms with Crippen LogP contribution in [0.15, 0.2) is 18.2 Å². The van der Waals surface area contributed by atoms with E-state index in [2.05, 4.69) is 0 Å². The fourth-order valence-electron chi connectivity index (χ4n) is 1.85. The lowest BCUT2D eigenvalue weighted by molar-refractivity contribution is -0.385. The van der Waals surface area contributed by atoms with Gasteiger partial charge in [-0.15, -0.1) is 0 Å². The predicted octanol–water partition coefficient (Wildman–Crippen LogP) is 3.44. The number of nitrogens with one attached hydrogen (secondary N) is 1. The Bertz CT molecular complexity index is 575. The molecule has 0 bridgehead atoms. The van der Waals surface area contributed by atoms with E-state index < -0.39 is 46.0 Å². The van der Waals surface area contributed by atoms with Gasteiger partial charge in [0.2, 0.25) is 0 Å². The zero-order valence-electron chi connectivity index (χ0n) is 11.8. The van der Waals surface area contributed by atoms with Crippen LogP contribution in [0.1, 0.15) is 30.6 Å². The highest BCUT2D eigenvalue weighted by Crippen LogP contribution is 2.28. The molecule has 0 aromatic heterocycles. The van der Waals surface area contributed by atoms with Crippen LogP contribution in [0.25, 0.3) is 0 Å². The highest BCUT2D eigenvalue weighted by atomic mass is 19.4. The lowest BCUT2D eigenvalue weighted by atomic mass is 9.98. The molecule has 0 saturated carbocycles. The van der Waals surface area contributed by atoms with Crippen LogP contribution in [-0.2, 0) is 0 Å². The third kappa shape index (κ3) is 4.15. The zero-order valence-corrected chi connectivity index (χ0v) is 11.8. The molecule has 1 aromatic rings. The fourth-order valence-corrected chi connectivity index (χ4v) is 1.85. The summed E-state index contributed by atoms with van der Waals surface area (Å²) in [4.78, 5) is 21.8.